The molecule has 0 saturated heterocycles. The average molecular weight is 271 g/mol. The molecule has 1 atom stereocenters. The Kier molecular flexibility index (Phi) is 3.70. The number of aromatic hydroxyl groups is 1. The van der Waals surface area contributed by atoms with Crippen LogP contribution in [0.15, 0.2) is 42.5 Å². The number of aryl methyl sites for hydroxylation is 1. The van der Waals surface area contributed by atoms with Crippen LogP contribution in [0, 0.1) is 5.82 Å². The molecule has 2 nitrogen and oxygen atoms in total. The monoisotopic (exact) mass is 271 g/mol. The van der Waals surface area contributed by atoms with E-state index in [1.807, 2.05) is 0 Å². The molecule has 2 N–H and O–H groups in total. The molecule has 0 fully saturated rings. The second kappa shape index (κ2) is 5.63. The van der Waals surface area contributed by atoms with Gasteiger partial charge in [-0.05, 0) is 36.5 Å². The molecule has 1 aliphatic rings. The number of para-hydroxylation sites is 1. The Labute approximate surface area is 118 Å². The van der Waals surface area contributed by atoms with E-state index in [2.05, 4.69) is 29.6 Å². The summed E-state index contributed by atoms with van der Waals surface area (Å²) in [5.41, 5.74) is 3.32. The Morgan fingerprint density at radius 3 is 2.90 bits per heavy atom. The summed E-state index contributed by atoms with van der Waals surface area (Å²) < 4.78 is 13.3. The molecule has 0 aromatic heterocycles. The fourth-order valence-electron chi connectivity index (χ4n) is 2.90. The van der Waals surface area contributed by atoms with Crippen LogP contribution < -0.4 is 5.32 Å². The second-order valence-electron chi connectivity index (χ2n) is 5.27. The lowest BCUT2D eigenvalue weighted by molar-refractivity contribution is 0.412. The number of fused-ring (bicyclic) bond motifs is 1. The fraction of sp³-hybridized carbons (Fsp3) is 0.294. The minimum atomic E-state index is -0.562. The molecule has 2 aromatic carbocycles. The third-order valence-electron chi connectivity index (χ3n) is 3.98. The molecule has 0 radical (unpaired) electrons. The van der Waals surface area contributed by atoms with Gasteiger partial charge in [-0.15, -0.1) is 0 Å². The van der Waals surface area contributed by atoms with Crippen molar-refractivity contribution in [2.24, 2.45) is 0 Å². The van der Waals surface area contributed by atoms with Crippen molar-refractivity contribution in [2.75, 3.05) is 0 Å². The van der Waals surface area contributed by atoms with Gasteiger partial charge in [0.1, 0.15) is 0 Å². The molecular weight excluding hydrogens is 253 g/mol. The van der Waals surface area contributed by atoms with Gasteiger partial charge in [0, 0.05) is 18.2 Å². The van der Waals surface area contributed by atoms with Gasteiger partial charge in [0.25, 0.3) is 0 Å². The molecule has 0 heterocycles. The van der Waals surface area contributed by atoms with Crippen LogP contribution in [0.2, 0.25) is 0 Å². The smallest absolute Gasteiger partial charge is 0.165 e. The van der Waals surface area contributed by atoms with Crippen LogP contribution in [0.5, 0.6) is 5.75 Å². The largest absolute Gasteiger partial charge is 0.505 e. The van der Waals surface area contributed by atoms with Crippen molar-refractivity contribution in [1.82, 2.24) is 5.32 Å². The summed E-state index contributed by atoms with van der Waals surface area (Å²) in [5, 5.41) is 13.1. The summed E-state index contributed by atoms with van der Waals surface area (Å²) in [7, 11) is 0. The maximum Gasteiger partial charge on any atom is 0.165 e. The van der Waals surface area contributed by atoms with Crippen molar-refractivity contribution in [3.05, 3.63) is 65.0 Å². The second-order valence-corrected chi connectivity index (χ2v) is 5.27. The predicted molar refractivity (Wildman–Crippen MR) is 77.0 cm³/mol. The highest BCUT2D eigenvalue weighted by Crippen LogP contribution is 2.30. The number of phenols is 1. The summed E-state index contributed by atoms with van der Waals surface area (Å²) in [5.74, 6) is -0.808. The van der Waals surface area contributed by atoms with Crippen LogP contribution in [0.25, 0.3) is 0 Å². The van der Waals surface area contributed by atoms with Crippen molar-refractivity contribution in [3.8, 4) is 5.75 Å². The van der Waals surface area contributed by atoms with E-state index in [0.717, 1.165) is 19.3 Å². The van der Waals surface area contributed by atoms with Crippen LogP contribution in [0.3, 0.4) is 0 Å². The van der Waals surface area contributed by atoms with Crippen molar-refractivity contribution in [2.45, 2.75) is 31.8 Å². The molecule has 0 aliphatic heterocycles. The van der Waals surface area contributed by atoms with Crippen LogP contribution in [0.1, 0.15) is 35.6 Å². The maximum absolute atomic E-state index is 13.3. The van der Waals surface area contributed by atoms with E-state index in [0.29, 0.717) is 12.1 Å². The van der Waals surface area contributed by atoms with Crippen molar-refractivity contribution in [3.63, 3.8) is 0 Å². The van der Waals surface area contributed by atoms with Gasteiger partial charge >= 0.3 is 0 Å². The number of hydrogen-bond donors (Lipinski definition) is 2. The Morgan fingerprint density at radius 1 is 1.15 bits per heavy atom. The first-order valence-corrected chi connectivity index (χ1v) is 7.03. The van der Waals surface area contributed by atoms with Gasteiger partial charge in [-0.25, -0.2) is 4.39 Å². The van der Waals surface area contributed by atoms with Crippen molar-refractivity contribution in [1.29, 1.82) is 0 Å². The van der Waals surface area contributed by atoms with E-state index < -0.39 is 5.82 Å². The van der Waals surface area contributed by atoms with Gasteiger partial charge in [-0.1, -0.05) is 36.4 Å². The number of nitrogens with one attached hydrogen (secondary N) is 1. The van der Waals surface area contributed by atoms with Gasteiger partial charge in [-0.2, -0.15) is 0 Å². The van der Waals surface area contributed by atoms with Gasteiger partial charge in [0.2, 0.25) is 0 Å². The van der Waals surface area contributed by atoms with E-state index in [1.54, 1.807) is 12.1 Å². The first-order chi connectivity index (χ1) is 9.75. The van der Waals surface area contributed by atoms with Gasteiger partial charge in [0.15, 0.2) is 11.6 Å². The van der Waals surface area contributed by atoms with E-state index in [1.165, 1.54) is 17.2 Å². The molecule has 3 heteroatoms. The first-order valence-electron chi connectivity index (χ1n) is 7.03. The van der Waals surface area contributed by atoms with Crippen LogP contribution >= 0.6 is 0 Å². The molecule has 0 amide bonds. The standard InChI is InChI=1S/C17H18FNO/c18-15-9-3-7-13(17(15)20)11-19-16-10-4-6-12-5-1-2-8-14(12)16/h1-3,5,7-9,16,19-20H,4,6,10-11H2. The maximum atomic E-state index is 13.3. The summed E-state index contributed by atoms with van der Waals surface area (Å²) in [4.78, 5) is 0. The number of benzene rings is 2. The topological polar surface area (TPSA) is 32.3 Å². The molecule has 1 unspecified atom stereocenters. The Balaban J connectivity index is 1.75. The zero-order valence-electron chi connectivity index (χ0n) is 11.3. The summed E-state index contributed by atoms with van der Waals surface area (Å²) in [6.45, 7) is 0.475. The highest BCUT2D eigenvalue weighted by Gasteiger charge is 2.19. The van der Waals surface area contributed by atoms with E-state index in [4.69, 9.17) is 0 Å². The third kappa shape index (κ3) is 2.54. The van der Waals surface area contributed by atoms with Crippen LogP contribution in [0.4, 0.5) is 4.39 Å². The zero-order chi connectivity index (χ0) is 13.9. The van der Waals surface area contributed by atoms with Gasteiger partial charge < -0.3 is 10.4 Å². The Morgan fingerprint density at radius 2 is 2.00 bits per heavy atom. The van der Waals surface area contributed by atoms with E-state index in [-0.39, 0.29) is 11.8 Å². The highest BCUT2D eigenvalue weighted by atomic mass is 19.1. The molecule has 0 saturated carbocycles. The van der Waals surface area contributed by atoms with Gasteiger partial charge in [0.05, 0.1) is 0 Å². The molecule has 0 spiro atoms. The molecule has 2 aromatic rings. The molecule has 20 heavy (non-hydrogen) atoms. The van der Waals surface area contributed by atoms with E-state index >= 15 is 0 Å². The van der Waals surface area contributed by atoms with Crippen molar-refractivity contribution >= 4 is 0 Å². The number of rotatable bonds is 3. The lowest BCUT2D eigenvalue weighted by atomic mass is 9.87. The summed E-state index contributed by atoms with van der Waals surface area (Å²) >= 11 is 0. The first kappa shape index (κ1) is 13.1. The van der Waals surface area contributed by atoms with Crippen LogP contribution in [-0.4, -0.2) is 5.11 Å². The molecule has 3 rings (SSSR count). The minimum Gasteiger partial charge on any atom is -0.505 e. The molecule has 1 aliphatic carbocycles. The minimum absolute atomic E-state index is 0.246. The Hall–Kier alpha value is -1.87. The molecular formula is C17H18FNO. The predicted octanol–water partition coefficient (Wildman–Crippen LogP) is 3.70. The lowest BCUT2D eigenvalue weighted by Crippen LogP contribution is -2.24. The molecule has 0 bridgehead atoms. The molecule has 104 valence electrons. The average Bonchev–Trinajstić information content (AvgIpc) is 2.49. The summed E-state index contributed by atoms with van der Waals surface area (Å²) in [6, 6.07) is 13.4. The van der Waals surface area contributed by atoms with E-state index in [9.17, 15) is 9.50 Å². The van der Waals surface area contributed by atoms with Crippen molar-refractivity contribution < 1.29 is 9.50 Å². The number of phenolic OH excluding ortho intramolecular Hbond substituents is 1. The SMILES string of the molecule is Oc1c(F)cccc1CNC1CCCc2ccccc21. The fourth-order valence-corrected chi connectivity index (χ4v) is 2.90. The number of halogens is 1. The highest BCUT2D eigenvalue weighted by molar-refractivity contribution is 5.35. The zero-order valence-corrected chi connectivity index (χ0v) is 11.3. The summed E-state index contributed by atoms with van der Waals surface area (Å²) in [6.07, 6.45) is 3.36. The quantitative estimate of drug-likeness (QED) is 0.892. The number of hydrogen-bond acceptors (Lipinski definition) is 2. The normalized spacial score (nSPS) is 17.8. The Bertz CT molecular complexity index is 612. The van der Waals surface area contributed by atoms with Crippen LogP contribution in [-0.2, 0) is 13.0 Å². The van der Waals surface area contributed by atoms with Gasteiger partial charge in [-0.3, -0.25) is 0 Å². The third-order valence-corrected chi connectivity index (χ3v) is 3.98. The lowest BCUT2D eigenvalue weighted by Gasteiger charge is -2.26.